The van der Waals surface area contributed by atoms with Crippen molar-refractivity contribution < 1.29 is 41.5 Å². The highest BCUT2D eigenvalue weighted by atomic mass is 19.2. The summed E-state index contributed by atoms with van der Waals surface area (Å²) < 4.78 is 55.7. The van der Waals surface area contributed by atoms with Gasteiger partial charge in [0.2, 0.25) is 5.91 Å². The molecule has 0 atom stereocenters. The summed E-state index contributed by atoms with van der Waals surface area (Å²) >= 11 is 0. The number of nitrogens with zero attached hydrogens (tertiary/aromatic N) is 4. The number of hydrogen-bond donors (Lipinski definition) is 6. The van der Waals surface area contributed by atoms with E-state index < -0.39 is 46.2 Å². The van der Waals surface area contributed by atoms with Gasteiger partial charge < -0.3 is 40.4 Å². The Morgan fingerprint density at radius 3 is 1.65 bits per heavy atom. The number of hydrogen-bond acceptors (Lipinski definition) is 9. The molecule has 2 aliphatic rings. The quantitative estimate of drug-likeness (QED) is 0.0368. The van der Waals surface area contributed by atoms with Crippen molar-refractivity contribution in [1.29, 1.82) is 0 Å². The van der Waals surface area contributed by atoms with E-state index in [-0.39, 0.29) is 49.1 Å². The Bertz CT molecular complexity index is 3740. The average Bonchev–Trinajstić information content (AvgIpc) is 4.27. The molecule has 4 aromatic carbocycles. The Hall–Kier alpha value is -10.3. The van der Waals surface area contributed by atoms with E-state index >= 15 is 0 Å². The molecular weight excluding hydrogens is 1000 g/mol. The molecule has 0 spiro atoms. The molecule has 10 rings (SSSR count). The van der Waals surface area contributed by atoms with Crippen LogP contribution in [-0.2, 0) is 29.1 Å². The van der Waals surface area contributed by atoms with Gasteiger partial charge in [0.25, 0.3) is 28.8 Å². The number of aromatic amines is 2. The molecule has 4 amide bonds. The van der Waals surface area contributed by atoms with Gasteiger partial charge in [0, 0.05) is 67.2 Å². The molecule has 17 nitrogen and oxygen atoms in total. The smallest absolute Gasteiger partial charge is 0.263 e. The fourth-order valence-electron chi connectivity index (χ4n) is 7.85. The Kier molecular flexibility index (Phi) is 16.9. The summed E-state index contributed by atoms with van der Waals surface area (Å²) in [6.07, 6.45) is 19.1. The van der Waals surface area contributed by atoms with Crippen LogP contribution in [-0.4, -0.2) is 72.1 Å². The molecule has 0 saturated heterocycles. The van der Waals surface area contributed by atoms with Crippen molar-refractivity contribution in [2.24, 2.45) is 0 Å². The second-order valence-corrected chi connectivity index (χ2v) is 17.0. The van der Waals surface area contributed by atoms with Crippen LogP contribution < -0.4 is 32.4 Å². The first-order valence-electron chi connectivity index (χ1n) is 23.4. The molecular formula is C56H44F4N10O7. The zero-order valence-electron chi connectivity index (χ0n) is 40.4. The van der Waals surface area contributed by atoms with E-state index in [4.69, 9.17) is 0 Å². The van der Waals surface area contributed by atoms with Crippen LogP contribution in [0.1, 0.15) is 70.5 Å². The molecule has 0 saturated carbocycles. The van der Waals surface area contributed by atoms with Crippen LogP contribution >= 0.6 is 0 Å². The number of fused-ring (bicyclic) bond motifs is 2. The van der Waals surface area contributed by atoms with Gasteiger partial charge in [-0.15, -0.1) is 0 Å². The number of H-pyrrole nitrogens is 2. The van der Waals surface area contributed by atoms with Crippen LogP contribution in [0, 0.1) is 23.3 Å². The predicted molar refractivity (Wildman–Crippen MR) is 279 cm³/mol. The van der Waals surface area contributed by atoms with Crippen molar-refractivity contribution in [2.45, 2.75) is 19.5 Å². The Labute approximate surface area is 434 Å². The molecule has 8 aromatic rings. The van der Waals surface area contributed by atoms with Gasteiger partial charge in [0.1, 0.15) is 17.0 Å². The summed E-state index contributed by atoms with van der Waals surface area (Å²) in [5.74, 6) is -4.35. The minimum Gasteiger partial charge on any atom is -0.348 e. The Balaban J connectivity index is 0.000000182. The third-order valence-electron chi connectivity index (χ3n) is 11.6. The maximum absolute atomic E-state index is 13.5. The van der Waals surface area contributed by atoms with E-state index in [9.17, 15) is 51.1 Å². The summed E-state index contributed by atoms with van der Waals surface area (Å²) in [6.45, 7) is 0.347. The van der Waals surface area contributed by atoms with Crippen LogP contribution in [0.2, 0.25) is 0 Å². The van der Waals surface area contributed by atoms with Crippen molar-refractivity contribution in [3.05, 3.63) is 247 Å². The van der Waals surface area contributed by atoms with Gasteiger partial charge in [-0.25, -0.2) is 27.5 Å². The normalized spacial score (nSPS) is 12.8. The molecule has 2 aliphatic heterocycles. The van der Waals surface area contributed by atoms with Crippen LogP contribution in [0.4, 0.5) is 28.9 Å². The summed E-state index contributed by atoms with van der Waals surface area (Å²) in [5.41, 5.74) is 4.94. The van der Waals surface area contributed by atoms with Crippen molar-refractivity contribution in [1.82, 2.24) is 39.7 Å². The maximum Gasteiger partial charge on any atom is 0.263 e. The van der Waals surface area contributed by atoms with Crippen LogP contribution in [0.5, 0.6) is 0 Å². The third-order valence-corrected chi connectivity index (χ3v) is 11.6. The van der Waals surface area contributed by atoms with E-state index in [1.165, 1.54) is 52.0 Å². The second kappa shape index (κ2) is 24.6. The summed E-state index contributed by atoms with van der Waals surface area (Å²) in [6, 6.07) is 23.8. The first-order chi connectivity index (χ1) is 37.2. The fraction of sp³-hybridized carbons (Fsp3) is 0.0893. The Morgan fingerprint density at radius 2 is 1.14 bits per heavy atom. The van der Waals surface area contributed by atoms with Crippen LogP contribution in [0.15, 0.2) is 156 Å². The highest BCUT2D eigenvalue weighted by molar-refractivity contribution is 6.34. The number of imidazole rings is 2. The molecule has 0 unspecified atom stereocenters. The van der Waals surface area contributed by atoms with Gasteiger partial charge in [-0.3, -0.25) is 33.6 Å². The topological polar surface area (TPSA) is 235 Å². The van der Waals surface area contributed by atoms with E-state index in [1.807, 2.05) is 36.4 Å². The number of halogens is 4. The predicted octanol–water partition coefficient (Wildman–Crippen LogP) is 7.17. The number of aldehydes is 1. The zero-order chi connectivity index (χ0) is 54.4. The lowest BCUT2D eigenvalue weighted by Gasteiger charge is -2.09. The number of rotatable bonds is 14. The lowest BCUT2D eigenvalue weighted by atomic mass is 10.0. The van der Waals surface area contributed by atoms with Gasteiger partial charge in [-0.05, 0) is 94.6 Å². The van der Waals surface area contributed by atoms with E-state index in [0.717, 1.165) is 52.2 Å². The zero-order valence-corrected chi connectivity index (χ0v) is 40.4. The molecule has 0 radical (unpaired) electrons. The number of carbonyl (C=O) groups is 5. The molecule has 0 aliphatic carbocycles. The first kappa shape index (κ1) is 53.0. The molecule has 21 heteroatoms. The van der Waals surface area contributed by atoms with E-state index in [1.54, 1.807) is 61.1 Å². The monoisotopic (exact) mass is 1040 g/mol. The number of carbonyl (C=O) groups excluding carboxylic acids is 5. The minimum absolute atomic E-state index is 0.00588. The van der Waals surface area contributed by atoms with Crippen molar-refractivity contribution in [2.75, 3.05) is 23.7 Å². The molecule has 6 heterocycles. The lowest BCUT2D eigenvalue weighted by molar-refractivity contribution is -0.115. The summed E-state index contributed by atoms with van der Waals surface area (Å²) in [5, 5.41) is 10.9. The van der Waals surface area contributed by atoms with Crippen LogP contribution in [0.3, 0.4) is 0 Å². The molecule has 0 fully saturated rings. The van der Waals surface area contributed by atoms with Gasteiger partial charge in [-0.1, -0.05) is 60.7 Å². The molecule has 0 bridgehead atoms. The standard InChI is InChI=1S/C28H21F2N5O3.C24H19F2N3O3.C4H4N2O/c29-22-8-6-18(13-23(22)30)16-35-12-2-4-20(28(35)38)26(36)33-9-1-3-17-5-7-19-21(15-25-31-10-11-32-25)27(37)34-24(19)14-17;25-19-8-6-16(11-20(19)26)14-29-10-2-4-18(24(29)32)23(31)27-9-1-3-15-5-7-17-13-22(30)28-21(17)12-15;7-3-4-5-1-2-6-4/h1-8,10-15H,9,16H2,(H,31,32)(H,33,36)(H,34,37);1-8,10-12H,9,13-14H2,(H,27,31)(H,28,30);1-3H,(H,5,6)/b3-1+,21-15-;3-1+;. The van der Waals surface area contributed by atoms with Gasteiger partial charge >= 0.3 is 0 Å². The largest absolute Gasteiger partial charge is 0.348 e. The highest BCUT2D eigenvalue weighted by Gasteiger charge is 2.24. The number of pyridine rings is 2. The Morgan fingerprint density at radius 1 is 0.610 bits per heavy atom. The molecule has 77 heavy (non-hydrogen) atoms. The summed E-state index contributed by atoms with van der Waals surface area (Å²) in [7, 11) is 0. The van der Waals surface area contributed by atoms with Crippen molar-refractivity contribution >= 4 is 65.1 Å². The van der Waals surface area contributed by atoms with Gasteiger partial charge in [-0.2, -0.15) is 0 Å². The second-order valence-electron chi connectivity index (χ2n) is 17.0. The number of nitrogens with one attached hydrogen (secondary N) is 6. The molecule has 388 valence electrons. The van der Waals surface area contributed by atoms with Crippen molar-refractivity contribution in [3.63, 3.8) is 0 Å². The van der Waals surface area contributed by atoms with E-state index in [2.05, 4.69) is 41.2 Å². The minimum atomic E-state index is -1.01. The number of benzene rings is 4. The highest BCUT2D eigenvalue weighted by Crippen LogP contribution is 2.34. The van der Waals surface area contributed by atoms with Crippen molar-refractivity contribution in [3.8, 4) is 0 Å². The van der Waals surface area contributed by atoms with Gasteiger partial charge in [0.15, 0.2) is 35.4 Å². The maximum atomic E-state index is 13.5. The molecule has 6 N–H and O–H groups in total. The SMILES string of the molecule is O=C1Cc2ccc(/C=C/CNC(=O)c3cccn(Cc4ccc(F)c(F)c4)c3=O)cc2N1.O=C1Nc2cc(/C=C/CNC(=O)c3cccn(Cc4ccc(F)c(F)c4)c3=O)ccc2/C1=C/c1ncc[nH]1.O=Cc1ncc[nH]1. The third kappa shape index (κ3) is 13.7. The van der Waals surface area contributed by atoms with Crippen LogP contribution in [0.25, 0.3) is 23.8 Å². The van der Waals surface area contributed by atoms with E-state index in [0.29, 0.717) is 46.7 Å². The number of aromatic nitrogens is 6. The first-order valence-corrected chi connectivity index (χ1v) is 23.4. The van der Waals surface area contributed by atoms with Gasteiger partial charge in [0.05, 0.1) is 25.1 Å². The molecule has 4 aromatic heterocycles. The number of anilines is 2. The number of amides is 4. The summed E-state index contributed by atoms with van der Waals surface area (Å²) in [4.78, 5) is 97.3. The lowest BCUT2D eigenvalue weighted by Crippen LogP contribution is -2.33. The average molecular weight is 1050 g/mol. The fourth-order valence-corrected chi connectivity index (χ4v) is 7.85.